The Morgan fingerprint density at radius 2 is 1.17 bits per heavy atom. The number of nitrogens with two attached hydrogens (primary N) is 1. The van der Waals surface area contributed by atoms with Gasteiger partial charge in [0.1, 0.15) is 0 Å². The van der Waals surface area contributed by atoms with E-state index in [1.54, 1.807) is 0 Å². The maximum absolute atomic E-state index is 6.24. The second-order valence-corrected chi connectivity index (χ2v) is 9.05. The molecule has 0 aliphatic rings. The zero-order chi connectivity index (χ0) is 24.2. The Bertz CT molecular complexity index is 1470. The molecule has 0 aromatic heterocycles. The lowest BCUT2D eigenvalue weighted by Gasteiger charge is -2.16. The summed E-state index contributed by atoms with van der Waals surface area (Å²) in [4.78, 5) is 0. The minimum atomic E-state index is 0.763. The molecule has 5 rings (SSSR count). The molecule has 0 amide bonds. The molecule has 0 aliphatic carbocycles. The summed E-state index contributed by atoms with van der Waals surface area (Å²) in [6.07, 6.45) is 2.31. The third-order valence-electron chi connectivity index (χ3n) is 6.40. The highest BCUT2D eigenvalue weighted by Crippen LogP contribution is 2.36. The average Bonchev–Trinajstić information content (AvgIpc) is 2.90. The summed E-state index contributed by atoms with van der Waals surface area (Å²) in [6, 6.07) is 42.9. The van der Waals surface area contributed by atoms with Gasteiger partial charge in [0.25, 0.3) is 0 Å². The summed E-state index contributed by atoms with van der Waals surface area (Å²) in [5, 5.41) is 0. The van der Waals surface area contributed by atoms with Gasteiger partial charge in [0.15, 0.2) is 0 Å². The van der Waals surface area contributed by atoms with E-state index in [0.29, 0.717) is 0 Å². The van der Waals surface area contributed by atoms with Crippen molar-refractivity contribution in [2.75, 3.05) is 5.73 Å². The molecule has 5 aromatic rings. The molecule has 35 heavy (non-hydrogen) atoms. The van der Waals surface area contributed by atoms with Crippen molar-refractivity contribution in [3.8, 4) is 22.3 Å². The van der Waals surface area contributed by atoms with E-state index in [0.717, 1.165) is 22.4 Å². The van der Waals surface area contributed by atoms with E-state index >= 15 is 0 Å². The molecule has 1 nitrogen and oxygen atoms in total. The Hall–Kier alpha value is -4.36. The summed E-state index contributed by atoms with van der Waals surface area (Å²) < 4.78 is 0. The lowest BCUT2D eigenvalue weighted by Crippen LogP contribution is -1.95. The summed E-state index contributed by atoms with van der Waals surface area (Å²) >= 11 is 0. The van der Waals surface area contributed by atoms with Crippen LogP contribution in [0.5, 0.6) is 0 Å². The quantitative estimate of drug-likeness (QED) is 0.210. The molecule has 0 bridgehead atoms. The summed E-state index contributed by atoms with van der Waals surface area (Å²) in [5.74, 6) is 0. The Labute approximate surface area is 208 Å². The highest BCUT2D eigenvalue weighted by molar-refractivity contribution is 5.98. The number of hydrogen-bond acceptors (Lipinski definition) is 1. The SMILES string of the molecule is Cc1ccc(C(=Cc2ccc(N)cc2-c2ccc(C)cc2)c2ccccc2-c2ccccc2)cc1. The molecule has 0 saturated carbocycles. The third-order valence-corrected chi connectivity index (χ3v) is 6.40. The molecule has 0 unspecified atom stereocenters. The van der Waals surface area contributed by atoms with Crippen LogP contribution in [0.25, 0.3) is 33.9 Å². The van der Waals surface area contributed by atoms with Crippen LogP contribution in [0.3, 0.4) is 0 Å². The highest BCUT2D eigenvalue weighted by atomic mass is 14.5. The van der Waals surface area contributed by atoms with Gasteiger partial charge in [-0.1, -0.05) is 120 Å². The Morgan fingerprint density at radius 1 is 0.571 bits per heavy atom. The van der Waals surface area contributed by atoms with Gasteiger partial charge in [-0.3, -0.25) is 0 Å². The standard InChI is InChI=1S/C34H29N/c1-24-12-16-27(17-13-24)33-23-30(35)21-20-29(33)22-34(28-18-14-25(2)15-19-28)32-11-7-6-10-31(32)26-8-4-3-5-9-26/h3-23H,35H2,1-2H3. The maximum Gasteiger partial charge on any atom is 0.0320 e. The van der Waals surface area contributed by atoms with Crippen molar-refractivity contribution in [3.05, 3.63) is 149 Å². The first-order valence-corrected chi connectivity index (χ1v) is 12.0. The molecule has 0 saturated heterocycles. The summed E-state index contributed by atoms with van der Waals surface area (Å²) in [7, 11) is 0. The third kappa shape index (κ3) is 4.95. The van der Waals surface area contributed by atoms with Crippen molar-refractivity contribution < 1.29 is 0 Å². The number of anilines is 1. The lowest BCUT2D eigenvalue weighted by atomic mass is 9.88. The van der Waals surface area contributed by atoms with E-state index in [-0.39, 0.29) is 0 Å². The molecule has 0 spiro atoms. The minimum absolute atomic E-state index is 0.763. The molecule has 2 N–H and O–H groups in total. The number of hydrogen-bond donors (Lipinski definition) is 1. The van der Waals surface area contributed by atoms with Gasteiger partial charge in [0.05, 0.1) is 0 Å². The van der Waals surface area contributed by atoms with Crippen LogP contribution in [-0.2, 0) is 0 Å². The van der Waals surface area contributed by atoms with Gasteiger partial charge in [0, 0.05) is 5.69 Å². The number of nitrogen functional groups attached to an aromatic ring is 1. The minimum Gasteiger partial charge on any atom is -0.399 e. The van der Waals surface area contributed by atoms with Crippen molar-refractivity contribution >= 4 is 17.3 Å². The first-order chi connectivity index (χ1) is 17.1. The van der Waals surface area contributed by atoms with Crippen LogP contribution in [0.15, 0.2) is 121 Å². The fourth-order valence-corrected chi connectivity index (χ4v) is 4.48. The largest absolute Gasteiger partial charge is 0.399 e. The van der Waals surface area contributed by atoms with Gasteiger partial charge in [-0.15, -0.1) is 0 Å². The van der Waals surface area contributed by atoms with Crippen LogP contribution in [0.1, 0.15) is 27.8 Å². The lowest BCUT2D eigenvalue weighted by molar-refractivity contribution is 1.44. The van der Waals surface area contributed by atoms with E-state index in [2.05, 4.69) is 135 Å². The van der Waals surface area contributed by atoms with Crippen LogP contribution < -0.4 is 5.73 Å². The number of aryl methyl sites for hydroxylation is 2. The van der Waals surface area contributed by atoms with E-state index < -0.39 is 0 Å². The molecule has 5 aromatic carbocycles. The molecule has 1 heteroatoms. The molecular weight excluding hydrogens is 422 g/mol. The zero-order valence-corrected chi connectivity index (χ0v) is 20.2. The van der Waals surface area contributed by atoms with Gasteiger partial charge in [0.2, 0.25) is 0 Å². The van der Waals surface area contributed by atoms with Gasteiger partial charge >= 0.3 is 0 Å². The highest BCUT2D eigenvalue weighted by Gasteiger charge is 2.13. The van der Waals surface area contributed by atoms with E-state index in [1.807, 2.05) is 6.07 Å². The van der Waals surface area contributed by atoms with E-state index in [1.165, 1.54) is 39.0 Å². The van der Waals surface area contributed by atoms with E-state index in [9.17, 15) is 0 Å². The fraction of sp³-hybridized carbons (Fsp3) is 0.0588. The predicted octanol–water partition coefficient (Wildman–Crippen LogP) is 8.81. The van der Waals surface area contributed by atoms with Gasteiger partial charge in [-0.05, 0) is 76.6 Å². The normalized spacial score (nSPS) is 11.4. The topological polar surface area (TPSA) is 26.0 Å². The van der Waals surface area contributed by atoms with Gasteiger partial charge in [-0.2, -0.15) is 0 Å². The molecular formula is C34H29N. The fourth-order valence-electron chi connectivity index (χ4n) is 4.48. The zero-order valence-electron chi connectivity index (χ0n) is 20.2. The predicted molar refractivity (Wildman–Crippen MR) is 151 cm³/mol. The second kappa shape index (κ2) is 9.87. The molecule has 0 aliphatic heterocycles. The van der Waals surface area contributed by atoms with Crippen molar-refractivity contribution in [2.45, 2.75) is 13.8 Å². The van der Waals surface area contributed by atoms with Gasteiger partial charge < -0.3 is 5.73 Å². The van der Waals surface area contributed by atoms with Crippen LogP contribution in [0, 0.1) is 13.8 Å². The van der Waals surface area contributed by atoms with Crippen molar-refractivity contribution in [1.82, 2.24) is 0 Å². The smallest absolute Gasteiger partial charge is 0.0320 e. The van der Waals surface area contributed by atoms with Crippen molar-refractivity contribution in [2.24, 2.45) is 0 Å². The molecule has 0 radical (unpaired) electrons. The Balaban J connectivity index is 1.75. The van der Waals surface area contributed by atoms with Crippen LogP contribution in [-0.4, -0.2) is 0 Å². The van der Waals surface area contributed by atoms with Crippen LogP contribution >= 0.6 is 0 Å². The van der Waals surface area contributed by atoms with Crippen molar-refractivity contribution in [1.29, 1.82) is 0 Å². The van der Waals surface area contributed by atoms with Crippen LogP contribution in [0.2, 0.25) is 0 Å². The summed E-state index contributed by atoms with van der Waals surface area (Å²) in [6.45, 7) is 4.24. The average molecular weight is 452 g/mol. The van der Waals surface area contributed by atoms with Gasteiger partial charge in [-0.25, -0.2) is 0 Å². The maximum atomic E-state index is 6.24. The number of benzene rings is 5. The first kappa shape index (κ1) is 22.4. The van der Waals surface area contributed by atoms with Crippen molar-refractivity contribution in [3.63, 3.8) is 0 Å². The molecule has 0 atom stereocenters. The first-order valence-electron chi connectivity index (χ1n) is 12.0. The molecule has 0 heterocycles. The Morgan fingerprint density at radius 3 is 1.89 bits per heavy atom. The monoisotopic (exact) mass is 451 g/mol. The molecule has 0 fully saturated rings. The summed E-state index contributed by atoms with van der Waals surface area (Å²) in [5.41, 5.74) is 18.9. The Kier molecular flexibility index (Phi) is 6.32. The van der Waals surface area contributed by atoms with E-state index in [4.69, 9.17) is 5.73 Å². The second-order valence-electron chi connectivity index (χ2n) is 9.05. The van der Waals surface area contributed by atoms with Crippen LogP contribution in [0.4, 0.5) is 5.69 Å². The molecule has 170 valence electrons. The number of rotatable bonds is 5.